The van der Waals surface area contributed by atoms with Crippen molar-refractivity contribution in [1.82, 2.24) is 0 Å². The Morgan fingerprint density at radius 1 is 0.909 bits per heavy atom. The second-order valence-corrected chi connectivity index (χ2v) is 20.0. The van der Waals surface area contributed by atoms with Crippen LogP contribution in [0.15, 0.2) is 24.8 Å². The number of benzene rings is 1. The van der Waals surface area contributed by atoms with Gasteiger partial charge in [0.05, 0.1) is 0 Å². The Kier molecular flexibility index (Phi) is 9.47. The quantitative estimate of drug-likeness (QED) is 0.359. The van der Waals surface area contributed by atoms with Crippen molar-refractivity contribution in [2.45, 2.75) is 79.5 Å². The topological polar surface area (TPSA) is 0 Å². The van der Waals surface area contributed by atoms with E-state index < -0.39 is 18.4 Å². The van der Waals surface area contributed by atoms with Gasteiger partial charge in [0.25, 0.3) is 0 Å². The van der Waals surface area contributed by atoms with Crippen molar-refractivity contribution >= 4 is 28.0 Å². The molecule has 1 aromatic carbocycles. The average Bonchev–Trinajstić information content (AvgIpc) is 2.54. The molecule has 0 nitrogen and oxygen atoms in total. The molecule has 0 fully saturated rings. The fourth-order valence-electron chi connectivity index (χ4n) is 3.66. The molecule has 0 radical (unpaired) electrons. The second-order valence-electron chi connectivity index (χ2n) is 6.89. The predicted molar refractivity (Wildman–Crippen MR) is 106 cm³/mol. The van der Waals surface area contributed by atoms with Crippen LogP contribution in [0.5, 0.6) is 0 Å². The summed E-state index contributed by atoms with van der Waals surface area (Å²) in [4.78, 5) is 0. The van der Waals surface area contributed by atoms with E-state index >= 15 is 0 Å². The number of rotatable bonds is 11. The maximum absolute atomic E-state index is 4.12. The zero-order valence-electron chi connectivity index (χ0n) is 15.4. The molecule has 0 amide bonds. The third-order valence-corrected chi connectivity index (χ3v) is 20.8. The van der Waals surface area contributed by atoms with E-state index in [1.54, 1.807) is 3.58 Å². The van der Waals surface area contributed by atoms with Crippen molar-refractivity contribution in [3.05, 3.63) is 35.9 Å². The van der Waals surface area contributed by atoms with E-state index in [-0.39, 0.29) is 0 Å². The zero-order chi connectivity index (χ0) is 16.4. The normalized spacial score (nSPS) is 11.6. The molecule has 0 saturated carbocycles. The fourth-order valence-corrected chi connectivity index (χ4v) is 20.4. The van der Waals surface area contributed by atoms with Crippen LogP contribution < -0.4 is 3.58 Å². The molecule has 0 unspecified atom stereocenters. The Balaban J connectivity index is 3.27. The predicted octanol–water partition coefficient (Wildman–Crippen LogP) is 6.69. The standard InChI is InChI=1S/C9H9.3C4H9.Sn/c1-3-9-6-4-5-8(2)7-9;3*1-3-4-2;/h3-5,7H,1H2,2H3;3*1,3-4H2,2H3;. The monoisotopic (exact) mass is 408 g/mol. The Bertz CT molecular complexity index is 425. The molecule has 0 saturated heterocycles. The van der Waals surface area contributed by atoms with Crippen LogP contribution in [-0.2, 0) is 0 Å². The van der Waals surface area contributed by atoms with Gasteiger partial charge in [-0.1, -0.05) is 0 Å². The molecule has 0 bridgehead atoms. The van der Waals surface area contributed by atoms with Gasteiger partial charge in [-0.2, -0.15) is 0 Å². The summed E-state index contributed by atoms with van der Waals surface area (Å²) in [6.07, 6.45) is 10.4. The molecule has 22 heavy (non-hydrogen) atoms. The summed E-state index contributed by atoms with van der Waals surface area (Å²) in [5.41, 5.74) is 2.83. The molecular formula is C21H36Sn. The third-order valence-electron chi connectivity index (χ3n) is 5.02. The van der Waals surface area contributed by atoms with Gasteiger partial charge < -0.3 is 0 Å². The van der Waals surface area contributed by atoms with Crippen LogP contribution in [0.1, 0.15) is 70.4 Å². The van der Waals surface area contributed by atoms with Gasteiger partial charge in [0.2, 0.25) is 0 Å². The summed E-state index contributed by atoms with van der Waals surface area (Å²) in [5, 5.41) is 0. The molecular weight excluding hydrogens is 371 g/mol. The Morgan fingerprint density at radius 3 is 1.82 bits per heavy atom. The molecule has 0 aliphatic carbocycles. The Hall–Kier alpha value is -0.241. The second kappa shape index (κ2) is 10.5. The van der Waals surface area contributed by atoms with Crippen LogP contribution in [-0.4, -0.2) is 18.4 Å². The van der Waals surface area contributed by atoms with Crippen LogP contribution in [0.2, 0.25) is 13.3 Å². The van der Waals surface area contributed by atoms with Crippen molar-refractivity contribution in [3.63, 3.8) is 0 Å². The van der Waals surface area contributed by atoms with Crippen LogP contribution in [0.4, 0.5) is 0 Å². The van der Waals surface area contributed by atoms with Crippen LogP contribution in [0.25, 0.3) is 6.08 Å². The van der Waals surface area contributed by atoms with E-state index in [1.165, 1.54) is 63.0 Å². The summed E-state index contributed by atoms with van der Waals surface area (Å²) >= 11 is -2.29. The first-order chi connectivity index (χ1) is 10.6. The van der Waals surface area contributed by atoms with E-state index in [1.807, 2.05) is 0 Å². The van der Waals surface area contributed by atoms with E-state index in [4.69, 9.17) is 0 Å². The molecule has 0 aliphatic rings. The summed E-state index contributed by atoms with van der Waals surface area (Å²) < 4.78 is 6.38. The van der Waals surface area contributed by atoms with Crippen molar-refractivity contribution in [2.75, 3.05) is 0 Å². The number of aryl methyl sites for hydroxylation is 1. The van der Waals surface area contributed by atoms with E-state index in [0.717, 1.165) is 0 Å². The SMILES string of the molecule is C=Cc1cc(C)cc[c]1[Sn]([CH2]CCC)([CH2]CCC)[CH2]CCC. The van der Waals surface area contributed by atoms with Gasteiger partial charge in [0, 0.05) is 0 Å². The molecule has 0 heterocycles. The van der Waals surface area contributed by atoms with Gasteiger partial charge in [0.15, 0.2) is 0 Å². The zero-order valence-corrected chi connectivity index (χ0v) is 18.2. The van der Waals surface area contributed by atoms with Gasteiger partial charge >= 0.3 is 143 Å². The van der Waals surface area contributed by atoms with Crippen molar-refractivity contribution < 1.29 is 0 Å². The molecule has 1 aromatic rings. The van der Waals surface area contributed by atoms with Crippen molar-refractivity contribution in [1.29, 1.82) is 0 Å². The van der Waals surface area contributed by atoms with Crippen LogP contribution >= 0.6 is 0 Å². The third kappa shape index (κ3) is 5.44. The summed E-state index contributed by atoms with van der Waals surface area (Å²) in [6, 6.07) is 7.21. The molecule has 124 valence electrons. The molecule has 0 N–H and O–H groups in total. The molecule has 0 aromatic heterocycles. The first-order valence-corrected chi connectivity index (χ1v) is 16.8. The Morgan fingerprint density at radius 2 is 1.41 bits per heavy atom. The molecule has 1 rings (SSSR count). The first kappa shape index (κ1) is 19.8. The van der Waals surface area contributed by atoms with Crippen LogP contribution in [0.3, 0.4) is 0 Å². The van der Waals surface area contributed by atoms with Gasteiger partial charge in [-0.05, 0) is 0 Å². The summed E-state index contributed by atoms with van der Waals surface area (Å²) in [7, 11) is 0. The van der Waals surface area contributed by atoms with E-state index in [9.17, 15) is 0 Å². The number of unbranched alkanes of at least 4 members (excludes halogenated alkanes) is 3. The molecule has 0 aliphatic heterocycles. The Labute approximate surface area is 143 Å². The fraction of sp³-hybridized carbons (Fsp3) is 0.619. The maximum atomic E-state index is 4.12. The number of hydrogen-bond acceptors (Lipinski definition) is 0. The van der Waals surface area contributed by atoms with Crippen molar-refractivity contribution in [2.24, 2.45) is 0 Å². The molecule has 0 spiro atoms. The van der Waals surface area contributed by atoms with Gasteiger partial charge in [0.1, 0.15) is 0 Å². The molecule has 1 heteroatoms. The van der Waals surface area contributed by atoms with Crippen LogP contribution in [0, 0.1) is 6.92 Å². The number of hydrogen-bond donors (Lipinski definition) is 0. The van der Waals surface area contributed by atoms with Crippen molar-refractivity contribution in [3.8, 4) is 0 Å². The van der Waals surface area contributed by atoms with Gasteiger partial charge in [-0.15, -0.1) is 0 Å². The average molecular weight is 407 g/mol. The minimum atomic E-state index is -2.29. The van der Waals surface area contributed by atoms with E-state index in [0.29, 0.717) is 0 Å². The van der Waals surface area contributed by atoms with E-state index in [2.05, 4.69) is 58.5 Å². The van der Waals surface area contributed by atoms with Gasteiger partial charge in [-0.25, -0.2) is 0 Å². The minimum absolute atomic E-state index is 1.34. The summed E-state index contributed by atoms with van der Waals surface area (Å²) in [6.45, 7) is 13.4. The molecule has 0 atom stereocenters. The first-order valence-electron chi connectivity index (χ1n) is 9.37. The van der Waals surface area contributed by atoms with Gasteiger partial charge in [-0.3, -0.25) is 0 Å². The summed E-state index contributed by atoms with van der Waals surface area (Å²) in [5.74, 6) is 0.